The standard InChI is InChI=1S/C37H35AtF2N6O5.C3H8.C2H6/c1-2-25-28(39)8-5-21-15-24(47)16-26(31(21)25)33-32(40)34-27(17-41-33)35(43-36(42-34)50-20-37-11-3-13-45(37)14-4-12-37)44-18-22-6-7-23(19-44)46(22)29(48)9-10-30(49)51-38;1-3-2;1-2/h1,5,8,15-17,22-23,47H,3-4,6-7,9-14,18-20H2;3H2,1-2H3;1-2H3/t22-,23+;;. The predicted molar refractivity (Wildman–Crippen MR) is 207 cm³/mol. The van der Waals surface area contributed by atoms with Gasteiger partial charge in [-0.25, -0.2) is 8.78 Å². The van der Waals surface area contributed by atoms with Crippen LogP contribution < -0.4 is 9.64 Å². The second kappa shape index (κ2) is 17.9. The molecule has 0 saturated carbocycles. The molecule has 0 radical (unpaired) electrons. The fourth-order valence-electron chi connectivity index (χ4n) is 8.79. The first kappa shape index (κ1) is 41.4. The Morgan fingerprint density at radius 1 is 1.05 bits per heavy atom. The van der Waals surface area contributed by atoms with Crippen LogP contribution in [0.5, 0.6) is 11.8 Å². The predicted octanol–water partition coefficient (Wildman–Crippen LogP) is 7.23. The summed E-state index contributed by atoms with van der Waals surface area (Å²) in [6.45, 7) is 11.5. The summed E-state index contributed by atoms with van der Waals surface area (Å²) in [5.74, 6) is 0.722. The molecule has 2 atom stereocenters. The molecule has 2 aromatic heterocycles. The van der Waals surface area contributed by atoms with Crippen molar-refractivity contribution in [2.24, 2.45) is 0 Å². The van der Waals surface area contributed by atoms with Crippen LogP contribution in [-0.4, -0.2) is 92.1 Å². The number of hydrogen-bond donors (Lipinski definition) is 1. The van der Waals surface area contributed by atoms with E-state index in [1.807, 2.05) is 23.6 Å². The fourth-order valence-corrected chi connectivity index (χ4v) is 9.09. The minimum atomic E-state index is -0.789. The molecule has 4 fully saturated rings. The van der Waals surface area contributed by atoms with Crippen LogP contribution in [0.4, 0.5) is 14.6 Å². The third-order valence-electron chi connectivity index (χ3n) is 11.1. The maximum atomic E-state index is 17.0. The topological polar surface area (TPSA) is 121 Å². The van der Waals surface area contributed by atoms with E-state index in [1.165, 1.54) is 36.9 Å². The van der Waals surface area contributed by atoms with E-state index in [1.54, 1.807) is 0 Å². The van der Waals surface area contributed by atoms with Crippen LogP contribution in [0.25, 0.3) is 32.9 Å². The van der Waals surface area contributed by atoms with Crippen molar-refractivity contribution in [1.82, 2.24) is 24.8 Å². The molecule has 0 aliphatic carbocycles. The number of pyridine rings is 1. The van der Waals surface area contributed by atoms with E-state index in [-0.39, 0.29) is 75.9 Å². The van der Waals surface area contributed by atoms with Gasteiger partial charge in [-0.05, 0) is 62.4 Å². The second-order valence-corrected chi connectivity index (χ2v) is 15.2. The maximum absolute atomic E-state index is 17.0. The molecular formula is C42H49AtF2N6O5. The van der Waals surface area contributed by atoms with Crippen LogP contribution in [0.15, 0.2) is 30.5 Å². The number of aromatic hydroxyl groups is 1. The molecule has 11 nitrogen and oxygen atoms in total. The summed E-state index contributed by atoms with van der Waals surface area (Å²) in [7, 11) is 0. The van der Waals surface area contributed by atoms with Crippen LogP contribution in [0.3, 0.4) is 0 Å². The number of carbonyl (C=O) groups excluding carboxylic acids is 2. The Morgan fingerprint density at radius 2 is 1.73 bits per heavy atom. The summed E-state index contributed by atoms with van der Waals surface area (Å²) in [6.07, 6.45) is 14.3. The zero-order valence-corrected chi connectivity index (χ0v) is 35.4. The molecule has 56 heavy (non-hydrogen) atoms. The van der Waals surface area contributed by atoms with Crippen LogP contribution in [0.2, 0.25) is 0 Å². The molecular weight excluding hydrogens is 916 g/mol. The van der Waals surface area contributed by atoms with E-state index in [4.69, 9.17) is 19.0 Å². The molecule has 4 aliphatic heterocycles. The molecule has 1 amide bonds. The molecule has 2 aromatic carbocycles. The number of anilines is 1. The van der Waals surface area contributed by atoms with Crippen LogP contribution in [-0.2, 0) is 12.4 Å². The summed E-state index contributed by atoms with van der Waals surface area (Å²) in [5.41, 5.74) is -0.230. The summed E-state index contributed by atoms with van der Waals surface area (Å²) in [4.78, 5) is 45.4. The third kappa shape index (κ3) is 7.99. The minimum Gasteiger partial charge on any atom is -0.461 e. The number of phenols is 1. The van der Waals surface area contributed by atoms with Gasteiger partial charge in [-0.1, -0.05) is 46.1 Å². The van der Waals surface area contributed by atoms with Gasteiger partial charge in [0.05, 0.1) is 11.1 Å². The summed E-state index contributed by atoms with van der Waals surface area (Å²) in [6, 6.07) is 5.24. The zero-order valence-electron chi connectivity index (χ0n) is 32.4. The average Bonchev–Trinajstić information content (AvgIpc) is 3.87. The van der Waals surface area contributed by atoms with Crippen molar-refractivity contribution in [2.75, 3.05) is 37.7 Å². The molecule has 6 heterocycles. The van der Waals surface area contributed by atoms with Gasteiger partial charge >= 0.3 is 144 Å². The van der Waals surface area contributed by atoms with Crippen molar-refractivity contribution in [3.63, 3.8) is 0 Å². The number of piperazine rings is 1. The van der Waals surface area contributed by atoms with Gasteiger partial charge in [0.1, 0.15) is 23.9 Å². The number of phenolic OH excluding ortho intramolecular Hbond substituents is 1. The van der Waals surface area contributed by atoms with Gasteiger partial charge in [0.25, 0.3) is 0 Å². The van der Waals surface area contributed by atoms with Gasteiger partial charge < -0.3 is 9.84 Å². The SMILES string of the molecule is C#Cc1c(F)ccc2cc(O)cc(-c3ncc4c(N5C[C@H]6CC[C@@H](C5)N6C(=O)CCC(=O)O[At])nc(OCC56CCCN5CCC6)nc4c3F)c12.CC.CCC. The Bertz CT molecular complexity index is 2120. The van der Waals surface area contributed by atoms with Crippen molar-refractivity contribution in [2.45, 2.75) is 103 Å². The zero-order chi connectivity index (χ0) is 40.1. The van der Waals surface area contributed by atoms with E-state index in [0.29, 0.717) is 36.3 Å². The molecule has 0 spiro atoms. The van der Waals surface area contributed by atoms with Gasteiger partial charge in [0, 0.05) is 10.9 Å². The molecule has 4 saturated heterocycles. The van der Waals surface area contributed by atoms with Crippen molar-refractivity contribution in [3.05, 3.63) is 47.7 Å². The number of hydrogen-bond acceptors (Lipinski definition) is 10. The van der Waals surface area contributed by atoms with Gasteiger partial charge in [0.2, 0.25) is 0 Å². The first-order chi connectivity index (χ1) is 27.1. The summed E-state index contributed by atoms with van der Waals surface area (Å²) >= 11 is 0.897. The number of ether oxygens (including phenoxy) is 1. The smallest absolute Gasteiger partial charge is 0.461 e. The first-order valence-corrected chi connectivity index (χ1v) is 20.8. The van der Waals surface area contributed by atoms with Gasteiger partial charge in [-0.2, -0.15) is 4.98 Å². The Balaban J connectivity index is 0.00000102. The number of aromatic nitrogens is 3. The number of amides is 1. The number of carbonyl (C=O) groups is 2. The third-order valence-corrected chi connectivity index (χ3v) is 11.7. The van der Waals surface area contributed by atoms with Gasteiger partial charge in [-0.15, -0.1) is 6.42 Å². The van der Waals surface area contributed by atoms with Gasteiger partial charge in [-0.3, -0.25) is 9.88 Å². The molecule has 2 bridgehead atoms. The quantitative estimate of drug-likeness (QED) is 0.181. The van der Waals surface area contributed by atoms with Crippen molar-refractivity contribution in [1.29, 1.82) is 0 Å². The number of halogens is 2. The van der Waals surface area contributed by atoms with E-state index in [2.05, 4.69) is 34.6 Å². The van der Waals surface area contributed by atoms with Crippen molar-refractivity contribution >= 4 is 39.4 Å². The van der Waals surface area contributed by atoms with Crippen LogP contribution in [0, 0.1) is 49.1 Å². The molecule has 1 N–H and O–H groups in total. The van der Waals surface area contributed by atoms with Crippen molar-refractivity contribution in [3.8, 4) is 35.4 Å². The Hall–Kier alpha value is -4.21. The molecule has 14 heteroatoms. The van der Waals surface area contributed by atoms with E-state index < -0.39 is 17.6 Å². The monoisotopic (exact) mass is 965 g/mol. The first-order valence-electron chi connectivity index (χ1n) is 19.6. The normalized spacial score (nSPS) is 19.5. The second-order valence-electron chi connectivity index (χ2n) is 14.6. The number of rotatable bonds is 8. The molecule has 4 aromatic rings. The van der Waals surface area contributed by atoms with Gasteiger partial charge in [0.15, 0.2) is 5.82 Å². The Labute approximate surface area is 342 Å². The van der Waals surface area contributed by atoms with E-state index in [0.717, 1.165) is 76.8 Å². The fraction of sp³-hybridized carbons (Fsp3) is 0.500. The number of benzene rings is 2. The average molecular weight is 966 g/mol. The Morgan fingerprint density at radius 3 is 2.38 bits per heavy atom. The van der Waals surface area contributed by atoms with Crippen LogP contribution >= 0.6 is 0 Å². The molecule has 4 aliphatic rings. The van der Waals surface area contributed by atoms with E-state index >= 15 is 4.39 Å². The number of terminal acetylenes is 1. The molecule has 8 rings (SSSR count). The van der Waals surface area contributed by atoms with E-state index in [9.17, 15) is 19.1 Å². The number of nitrogens with zero attached hydrogens (tertiary/aromatic N) is 6. The molecule has 298 valence electrons. The summed E-state index contributed by atoms with van der Waals surface area (Å²) in [5, 5.41) is 11.6. The molecule has 0 unspecified atom stereocenters. The summed E-state index contributed by atoms with van der Waals surface area (Å²) < 4.78 is 43.1. The number of fused-ring (bicyclic) bond motifs is 5. The Kier molecular flexibility index (Phi) is 13.3. The van der Waals surface area contributed by atoms with Crippen LogP contribution in [0.1, 0.15) is 91.0 Å². The minimum absolute atomic E-state index is 0.0301. The van der Waals surface area contributed by atoms with Crippen molar-refractivity contribution < 1.29 is 56.2 Å².